The monoisotopic (exact) mass is 942 g/mol. The molecule has 0 spiro atoms. The van der Waals surface area contributed by atoms with Crippen molar-refractivity contribution in [1.82, 2.24) is 5.32 Å². The van der Waals surface area contributed by atoms with Crippen LogP contribution in [-0.4, -0.2) is 99.6 Å². The van der Waals surface area contributed by atoms with E-state index in [-0.39, 0.29) is 19.4 Å². The van der Waals surface area contributed by atoms with Gasteiger partial charge in [0.2, 0.25) is 5.91 Å². The summed E-state index contributed by atoms with van der Waals surface area (Å²) in [5.74, 6) is -1.29. The molecule has 67 heavy (non-hydrogen) atoms. The SMILES string of the molecule is CC/C=C/C=C/C=C\C=C/C=C/CCC(O)C(=O)NC(COC1OC(CO)C(O)C(O)C1OC(=O)CCCCCCCCC/C=C\CCCCCC)C(O)/C=C/CCCCCCCCCCC. The van der Waals surface area contributed by atoms with Crippen LogP contribution in [-0.2, 0) is 23.8 Å². The van der Waals surface area contributed by atoms with Crippen molar-refractivity contribution in [3.63, 3.8) is 0 Å². The molecule has 0 radical (unpaired) electrons. The lowest BCUT2D eigenvalue weighted by molar-refractivity contribution is -0.305. The Kier molecular flexibility index (Phi) is 40.7. The van der Waals surface area contributed by atoms with Crippen molar-refractivity contribution in [3.05, 3.63) is 85.1 Å². The molecule has 0 saturated carbocycles. The highest BCUT2D eigenvalue weighted by Crippen LogP contribution is 2.26. The van der Waals surface area contributed by atoms with E-state index in [1.54, 1.807) is 6.08 Å². The van der Waals surface area contributed by atoms with Crippen molar-refractivity contribution < 1.29 is 49.3 Å². The number of hydrogen-bond donors (Lipinski definition) is 6. The van der Waals surface area contributed by atoms with Gasteiger partial charge in [-0.1, -0.05) is 209 Å². The zero-order valence-corrected chi connectivity index (χ0v) is 42.0. The van der Waals surface area contributed by atoms with Crippen molar-refractivity contribution in [3.8, 4) is 0 Å². The van der Waals surface area contributed by atoms with Crippen LogP contribution in [0.4, 0.5) is 0 Å². The maximum absolute atomic E-state index is 13.3. The van der Waals surface area contributed by atoms with E-state index < -0.39 is 67.4 Å². The summed E-state index contributed by atoms with van der Waals surface area (Å²) >= 11 is 0. The number of unbranched alkanes of at least 4 members (excludes halogenated alkanes) is 20. The molecule has 1 fully saturated rings. The lowest BCUT2D eigenvalue weighted by Crippen LogP contribution is -2.61. The molecular formula is C56H95NO10. The second kappa shape index (κ2) is 44.1. The molecule has 6 N–H and O–H groups in total. The number of esters is 1. The number of ether oxygens (including phenoxy) is 3. The number of carbonyl (C=O) groups excluding carboxylic acids is 2. The Bertz CT molecular complexity index is 1410. The molecule has 0 bridgehead atoms. The van der Waals surface area contributed by atoms with Crippen molar-refractivity contribution in [2.75, 3.05) is 13.2 Å². The molecule has 0 aromatic rings. The first-order chi connectivity index (χ1) is 32.7. The van der Waals surface area contributed by atoms with Gasteiger partial charge in [0.05, 0.1) is 25.4 Å². The third kappa shape index (κ3) is 33.1. The molecule has 0 aliphatic carbocycles. The quantitative estimate of drug-likeness (QED) is 0.0150. The molecule has 1 heterocycles. The number of aliphatic hydroxyl groups excluding tert-OH is 5. The van der Waals surface area contributed by atoms with Crippen LogP contribution in [0.5, 0.6) is 0 Å². The molecule has 1 rings (SSSR count). The second-order valence-corrected chi connectivity index (χ2v) is 18.0. The standard InChI is InChI=1S/C56H95NO10/c1-4-7-10-13-16-19-22-24-25-26-29-32-35-38-41-44-51(61)67-54-53(63)52(62)50(45-58)66-56(54)65-46-47(48(59)42-39-36-33-30-27-21-18-15-12-9-6-3)57-55(64)49(60)43-40-37-34-31-28-23-20-17-14-11-8-5-2/h8,11,14,17,19-20,22-23,28,31,34,37,39,42,47-50,52-54,56,58-60,62-63H,4-7,9-10,12-13,15-16,18,21,24-27,29-30,32-33,35-36,38,40-41,43-46H2,1-3H3,(H,57,64)/b11-8+,17-14+,22-19-,23-20-,31-28-,37-34+,42-39+. The van der Waals surface area contributed by atoms with Gasteiger partial charge in [-0.15, -0.1) is 0 Å². The minimum absolute atomic E-state index is 0.106. The number of hydrogen-bond acceptors (Lipinski definition) is 10. The normalized spacial score (nSPS) is 20.7. The highest BCUT2D eigenvalue weighted by atomic mass is 16.7. The lowest BCUT2D eigenvalue weighted by atomic mass is 9.99. The third-order valence-corrected chi connectivity index (χ3v) is 11.9. The number of carbonyl (C=O) groups is 2. The summed E-state index contributed by atoms with van der Waals surface area (Å²) in [6.07, 6.45) is 45.1. The van der Waals surface area contributed by atoms with Crippen LogP contribution in [0.3, 0.4) is 0 Å². The number of allylic oxidation sites excluding steroid dienone is 13. The summed E-state index contributed by atoms with van der Waals surface area (Å²) < 4.78 is 17.5. The van der Waals surface area contributed by atoms with Gasteiger partial charge in [-0.3, -0.25) is 9.59 Å². The smallest absolute Gasteiger partial charge is 0.306 e. The third-order valence-electron chi connectivity index (χ3n) is 11.9. The average Bonchev–Trinajstić information content (AvgIpc) is 3.32. The van der Waals surface area contributed by atoms with Gasteiger partial charge in [-0.2, -0.15) is 0 Å². The van der Waals surface area contributed by atoms with Crippen LogP contribution in [0.15, 0.2) is 85.1 Å². The van der Waals surface area contributed by atoms with Crippen LogP contribution in [0, 0.1) is 0 Å². The zero-order chi connectivity index (χ0) is 49.0. The van der Waals surface area contributed by atoms with E-state index in [0.717, 1.165) is 64.2 Å². The van der Waals surface area contributed by atoms with Crippen molar-refractivity contribution in [1.29, 1.82) is 0 Å². The van der Waals surface area contributed by atoms with Gasteiger partial charge in [-0.05, 0) is 64.2 Å². The molecule has 1 amide bonds. The number of amides is 1. The van der Waals surface area contributed by atoms with Crippen molar-refractivity contribution >= 4 is 11.9 Å². The summed E-state index contributed by atoms with van der Waals surface area (Å²) in [7, 11) is 0. The zero-order valence-electron chi connectivity index (χ0n) is 42.0. The van der Waals surface area contributed by atoms with E-state index in [0.29, 0.717) is 12.8 Å². The number of aliphatic hydroxyl groups is 5. The van der Waals surface area contributed by atoms with Gasteiger partial charge < -0.3 is 45.1 Å². The number of rotatable bonds is 42. The molecule has 8 unspecified atom stereocenters. The Morgan fingerprint density at radius 1 is 0.597 bits per heavy atom. The van der Waals surface area contributed by atoms with Gasteiger partial charge in [0.15, 0.2) is 12.4 Å². The minimum Gasteiger partial charge on any atom is -0.454 e. The Balaban J connectivity index is 2.82. The summed E-state index contributed by atoms with van der Waals surface area (Å²) in [4.78, 5) is 26.3. The first-order valence-corrected chi connectivity index (χ1v) is 26.4. The molecule has 0 aromatic carbocycles. The van der Waals surface area contributed by atoms with E-state index in [4.69, 9.17) is 14.2 Å². The molecule has 1 aliphatic rings. The maximum Gasteiger partial charge on any atom is 0.306 e. The second-order valence-electron chi connectivity index (χ2n) is 18.0. The van der Waals surface area contributed by atoms with Crippen LogP contribution in [0.25, 0.3) is 0 Å². The number of nitrogens with one attached hydrogen (secondary N) is 1. The highest BCUT2D eigenvalue weighted by molar-refractivity contribution is 5.80. The van der Waals surface area contributed by atoms with Crippen LogP contribution in [0.2, 0.25) is 0 Å². The Labute approximate surface area is 406 Å². The largest absolute Gasteiger partial charge is 0.454 e. The summed E-state index contributed by atoms with van der Waals surface area (Å²) in [5, 5.41) is 56.5. The van der Waals surface area contributed by atoms with Crippen molar-refractivity contribution in [2.45, 2.75) is 243 Å². The van der Waals surface area contributed by atoms with E-state index in [9.17, 15) is 35.1 Å². The van der Waals surface area contributed by atoms with E-state index in [1.807, 2.05) is 60.8 Å². The molecular weight excluding hydrogens is 847 g/mol. The van der Waals surface area contributed by atoms with Crippen LogP contribution >= 0.6 is 0 Å². The fraction of sp³-hybridized carbons (Fsp3) is 0.714. The summed E-state index contributed by atoms with van der Waals surface area (Å²) in [6, 6.07) is -1.06. The van der Waals surface area contributed by atoms with E-state index in [2.05, 4.69) is 44.3 Å². The molecule has 11 nitrogen and oxygen atoms in total. The Morgan fingerprint density at radius 2 is 1.09 bits per heavy atom. The molecule has 1 aliphatic heterocycles. The fourth-order valence-corrected chi connectivity index (χ4v) is 7.67. The van der Waals surface area contributed by atoms with E-state index in [1.165, 1.54) is 83.5 Å². The Hall–Kier alpha value is -3.16. The molecule has 1 saturated heterocycles. The molecule has 8 atom stereocenters. The van der Waals surface area contributed by atoms with Crippen LogP contribution < -0.4 is 5.32 Å². The first-order valence-electron chi connectivity index (χ1n) is 26.4. The lowest BCUT2D eigenvalue weighted by Gasteiger charge is -2.41. The maximum atomic E-state index is 13.3. The van der Waals surface area contributed by atoms with E-state index >= 15 is 0 Å². The topological polar surface area (TPSA) is 175 Å². The molecule has 0 aromatic heterocycles. The highest BCUT2D eigenvalue weighted by Gasteiger charge is 2.47. The van der Waals surface area contributed by atoms with Gasteiger partial charge in [0, 0.05) is 6.42 Å². The Morgan fingerprint density at radius 3 is 1.64 bits per heavy atom. The van der Waals surface area contributed by atoms with Gasteiger partial charge in [0.25, 0.3) is 0 Å². The fourth-order valence-electron chi connectivity index (χ4n) is 7.67. The summed E-state index contributed by atoms with van der Waals surface area (Å²) in [5.41, 5.74) is 0. The minimum atomic E-state index is -1.63. The van der Waals surface area contributed by atoms with Gasteiger partial charge >= 0.3 is 5.97 Å². The van der Waals surface area contributed by atoms with Gasteiger partial charge in [0.1, 0.15) is 24.4 Å². The molecule has 11 heteroatoms. The predicted octanol–water partition coefficient (Wildman–Crippen LogP) is 11.0. The molecule has 384 valence electrons. The average molecular weight is 942 g/mol. The predicted molar refractivity (Wildman–Crippen MR) is 273 cm³/mol. The van der Waals surface area contributed by atoms with Gasteiger partial charge in [-0.25, -0.2) is 0 Å². The summed E-state index contributed by atoms with van der Waals surface area (Å²) in [6.45, 7) is 5.53. The van der Waals surface area contributed by atoms with Crippen molar-refractivity contribution in [2.24, 2.45) is 0 Å². The van der Waals surface area contributed by atoms with Crippen LogP contribution in [0.1, 0.15) is 194 Å². The first kappa shape index (κ1) is 61.9.